The lowest BCUT2D eigenvalue weighted by Gasteiger charge is -2.32. The Morgan fingerprint density at radius 2 is 1.56 bits per heavy atom. The molecule has 3 aromatic rings. The van der Waals surface area contributed by atoms with Gasteiger partial charge in [0.05, 0.1) is 6.54 Å². The number of ether oxygens (including phenoxy) is 1. The maximum absolute atomic E-state index is 12.6. The van der Waals surface area contributed by atoms with Crippen LogP contribution in [0.15, 0.2) is 78.9 Å². The van der Waals surface area contributed by atoms with Gasteiger partial charge in [-0.2, -0.15) is 0 Å². The van der Waals surface area contributed by atoms with Crippen LogP contribution in [0.2, 0.25) is 0 Å². The highest BCUT2D eigenvalue weighted by Crippen LogP contribution is 2.30. The van der Waals surface area contributed by atoms with Crippen molar-refractivity contribution in [3.8, 4) is 5.75 Å². The molecule has 4 rings (SSSR count). The summed E-state index contributed by atoms with van der Waals surface area (Å²) in [6, 6.07) is 27.0. The molecule has 1 fully saturated rings. The molecule has 190 valence electrons. The van der Waals surface area contributed by atoms with Crippen molar-refractivity contribution >= 4 is 5.91 Å². The molecule has 3 aromatic carbocycles. The van der Waals surface area contributed by atoms with E-state index in [0.717, 1.165) is 31.3 Å². The second-order valence-corrected chi connectivity index (χ2v) is 11.0. The van der Waals surface area contributed by atoms with Gasteiger partial charge in [-0.3, -0.25) is 9.69 Å². The Morgan fingerprint density at radius 1 is 0.889 bits per heavy atom. The third-order valence-electron chi connectivity index (χ3n) is 7.04. The molecule has 1 amide bonds. The van der Waals surface area contributed by atoms with Crippen LogP contribution in [0.3, 0.4) is 0 Å². The van der Waals surface area contributed by atoms with Gasteiger partial charge < -0.3 is 10.1 Å². The molecule has 4 nitrogen and oxygen atoms in total. The fraction of sp³-hybridized carbons (Fsp3) is 0.406. The number of benzene rings is 3. The third-order valence-corrected chi connectivity index (χ3v) is 7.04. The topological polar surface area (TPSA) is 41.6 Å². The quantitative estimate of drug-likeness (QED) is 0.365. The average Bonchev–Trinajstić information content (AvgIpc) is 2.88. The van der Waals surface area contributed by atoms with Gasteiger partial charge in [0.1, 0.15) is 12.4 Å². The highest BCUT2D eigenvalue weighted by Gasteiger charge is 2.20. The Kier molecular flexibility index (Phi) is 8.82. The van der Waals surface area contributed by atoms with Crippen LogP contribution in [-0.4, -0.2) is 37.0 Å². The Bertz CT molecular complexity index is 1100. The fourth-order valence-electron chi connectivity index (χ4n) is 4.96. The predicted molar refractivity (Wildman–Crippen MR) is 148 cm³/mol. The molecule has 0 aromatic heterocycles. The number of nitrogens with one attached hydrogen (secondary N) is 1. The molecule has 0 bridgehead atoms. The molecule has 1 N–H and O–H groups in total. The minimum Gasteiger partial charge on any atom is -0.491 e. The van der Waals surface area contributed by atoms with Gasteiger partial charge in [-0.15, -0.1) is 0 Å². The molecule has 0 radical (unpaired) electrons. The van der Waals surface area contributed by atoms with Gasteiger partial charge in [0.15, 0.2) is 0 Å². The first-order chi connectivity index (χ1) is 17.4. The van der Waals surface area contributed by atoms with Crippen LogP contribution >= 0.6 is 0 Å². The highest BCUT2D eigenvalue weighted by atomic mass is 16.5. The summed E-state index contributed by atoms with van der Waals surface area (Å²) in [5.41, 5.74) is 4.59. The first kappa shape index (κ1) is 26.0. The average molecular weight is 485 g/mol. The van der Waals surface area contributed by atoms with Gasteiger partial charge in [-0.05, 0) is 78.6 Å². The molecule has 4 heteroatoms. The minimum absolute atomic E-state index is 0.0135. The van der Waals surface area contributed by atoms with Crippen LogP contribution in [-0.2, 0) is 18.4 Å². The number of para-hydroxylation sites is 1. The van der Waals surface area contributed by atoms with E-state index in [-0.39, 0.29) is 11.3 Å². The van der Waals surface area contributed by atoms with Crippen molar-refractivity contribution in [1.82, 2.24) is 10.2 Å². The van der Waals surface area contributed by atoms with Crippen molar-refractivity contribution in [2.45, 2.75) is 52.0 Å². The Hall–Kier alpha value is -3.11. The summed E-state index contributed by atoms with van der Waals surface area (Å²) in [6.07, 6.45) is 3.68. The molecule has 1 aliphatic heterocycles. The van der Waals surface area contributed by atoms with Crippen LogP contribution in [0.25, 0.3) is 0 Å². The molecular formula is C32H40N2O2. The van der Waals surface area contributed by atoms with Crippen molar-refractivity contribution in [2.75, 3.05) is 26.2 Å². The first-order valence-corrected chi connectivity index (χ1v) is 13.2. The van der Waals surface area contributed by atoms with Crippen molar-refractivity contribution < 1.29 is 9.53 Å². The van der Waals surface area contributed by atoms with Crippen LogP contribution in [0.1, 0.15) is 60.7 Å². The van der Waals surface area contributed by atoms with Gasteiger partial charge in [0.2, 0.25) is 0 Å². The number of rotatable bonds is 9. The van der Waals surface area contributed by atoms with Gasteiger partial charge in [-0.1, -0.05) is 81.4 Å². The lowest BCUT2D eigenvalue weighted by Crippen LogP contribution is -2.33. The molecule has 1 heterocycles. The zero-order valence-corrected chi connectivity index (χ0v) is 22.0. The Balaban J connectivity index is 1.18. The van der Waals surface area contributed by atoms with E-state index < -0.39 is 0 Å². The predicted octanol–water partition coefficient (Wildman–Crippen LogP) is 6.25. The first-order valence-electron chi connectivity index (χ1n) is 13.2. The van der Waals surface area contributed by atoms with Crippen molar-refractivity contribution in [3.05, 3.63) is 101 Å². The summed E-state index contributed by atoms with van der Waals surface area (Å²) in [5.74, 6) is 1.60. The summed E-state index contributed by atoms with van der Waals surface area (Å²) < 4.78 is 5.97. The van der Waals surface area contributed by atoms with Gasteiger partial charge in [0.25, 0.3) is 5.91 Å². The maximum Gasteiger partial charge on any atom is 0.251 e. The summed E-state index contributed by atoms with van der Waals surface area (Å²) in [5, 5.41) is 2.98. The molecular weight excluding hydrogens is 444 g/mol. The van der Waals surface area contributed by atoms with Gasteiger partial charge >= 0.3 is 0 Å². The molecule has 1 saturated heterocycles. The summed E-state index contributed by atoms with van der Waals surface area (Å²) in [4.78, 5) is 15.1. The molecule has 1 aliphatic rings. The van der Waals surface area contributed by atoms with Crippen molar-refractivity contribution in [2.24, 2.45) is 5.92 Å². The second-order valence-electron chi connectivity index (χ2n) is 11.0. The van der Waals surface area contributed by atoms with E-state index in [1.165, 1.54) is 36.0 Å². The number of likely N-dealkylation sites (tertiary alicyclic amines) is 1. The van der Waals surface area contributed by atoms with Crippen LogP contribution in [0.4, 0.5) is 0 Å². The summed E-state index contributed by atoms with van der Waals surface area (Å²) in [6.45, 7) is 10.7. The Labute approximate surface area is 216 Å². The standard InChI is InChI=1S/C32H40N2O2/c1-32(2,3)29-11-7-8-12-30(29)36-22-19-33-31(35)28-15-13-27(14-16-28)24-34-20-17-26(18-21-34)23-25-9-5-4-6-10-25/h4-16,26H,17-24H2,1-3H3,(H,33,35). The zero-order valence-electron chi connectivity index (χ0n) is 22.0. The third kappa shape index (κ3) is 7.44. The van der Waals surface area contributed by atoms with Crippen LogP contribution in [0.5, 0.6) is 5.75 Å². The van der Waals surface area contributed by atoms with Crippen molar-refractivity contribution in [3.63, 3.8) is 0 Å². The van der Waals surface area contributed by atoms with E-state index >= 15 is 0 Å². The number of carbonyl (C=O) groups is 1. The highest BCUT2D eigenvalue weighted by molar-refractivity contribution is 5.94. The molecule has 0 spiro atoms. The van der Waals surface area contributed by atoms with E-state index in [9.17, 15) is 4.79 Å². The summed E-state index contributed by atoms with van der Waals surface area (Å²) in [7, 11) is 0. The number of carbonyl (C=O) groups excluding carboxylic acids is 1. The van der Waals surface area contributed by atoms with E-state index in [2.05, 4.69) is 79.5 Å². The largest absolute Gasteiger partial charge is 0.491 e. The van der Waals surface area contributed by atoms with Crippen molar-refractivity contribution in [1.29, 1.82) is 0 Å². The number of amides is 1. The SMILES string of the molecule is CC(C)(C)c1ccccc1OCCNC(=O)c1ccc(CN2CCC(Cc3ccccc3)CC2)cc1. The lowest BCUT2D eigenvalue weighted by molar-refractivity contribution is 0.0946. The zero-order chi connectivity index (χ0) is 25.4. The fourth-order valence-corrected chi connectivity index (χ4v) is 4.96. The minimum atomic E-state index is -0.0593. The van der Waals surface area contributed by atoms with E-state index in [4.69, 9.17) is 4.74 Å². The van der Waals surface area contributed by atoms with E-state index in [1.54, 1.807) is 0 Å². The summed E-state index contributed by atoms with van der Waals surface area (Å²) >= 11 is 0. The molecule has 0 atom stereocenters. The Morgan fingerprint density at radius 3 is 2.25 bits per heavy atom. The molecule has 0 aliphatic carbocycles. The van der Waals surface area contributed by atoms with E-state index in [1.807, 2.05) is 30.3 Å². The number of hydrogen-bond acceptors (Lipinski definition) is 3. The molecule has 0 unspecified atom stereocenters. The second kappa shape index (κ2) is 12.2. The number of hydrogen-bond donors (Lipinski definition) is 1. The normalized spacial score (nSPS) is 15.0. The molecule has 36 heavy (non-hydrogen) atoms. The van der Waals surface area contributed by atoms with Crippen LogP contribution < -0.4 is 10.1 Å². The van der Waals surface area contributed by atoms with E-state index in [0.29, 0.717) is 18.7 Å². The number of piperidine rings is 1. The van der Waals surface area contributed by atoms with Gasteiger partial charge in [-0.25, -0.2) is 0 Å². The van der Waals surface area contributed by atoms with Crippen LogP contribution in [0, 0.1) is 5.92 Å². The maximum atomic E-state index is 12.6. The molecule has 0 saturated carbocycles. The lowest BCUT2D eigenvalue weighted by atomic mass is 9.86. The number of nitrogens with zero attached hydrogens (tertiary/aromatic N) is 1. The smallest absolute Gasteiger partial charge is 0.251 e. The van der Waals surface area contributed by atoms with Gasteiger partial charge in [0, 0.05) is 12.1 Å². The monoisotopic (exact) mass is 484 g/mol.